The number of rotatable bonds is 3. The molecule has 1 nitrogen and oxygen atoms in total. The maximum atomic E-state index is 2.71. The Bertz CT molecular complexity index is 2730. The van der Waals surface area contributed by atoms with E-state index in [0.29, 0.717) is 11.8 Å². The van der Waals surface area contributed by atoms with Crippen molar-refractivity contribution in [3.8, 4) is 22.3 Å². The van der Waals surface area contributed by atoms with Gasteiger partial charge in [-0.15, -0.1) is 0 Å². The molecule has 14 rings (SSSR count). The summed E-state index contributed by atoms with van der Waals surface area (Å²) in [7, 11) is 0. The van der Waals surface area contributed by atoms with Crippen LogP contribution in [0, 0.1) is 23.7 Å². The summed E-state index contributed by atoms with van der Waals surface area (Å²) in [5.74, 6) is 3.05. The summed E-state index contributed by atoms with van der Waals surface area (Å²) in [5.41, 5.74) is 20.6. The van der Waals surface area contributed by atoms with Crippen LogP contribution in [-0.2, 0) is 16.2 Å². The minimum Gasteiger partial charge on any atom is -0.310 e. The molecule has 0 aliphatic heterocycles. The third-order valence-electron chi connectivity index (χ3n) is 16.1. The molecule has 0 atom stereocenters. The predicted octanol–water partition coefficient (Wildman–Crippen LogP) is 13.9. The lowest BCUT2D eigenvalue weighted by atomic mass is 9.38. The van der Waals surface area contributed by atoms with E-state index >= 15 is 0 Å². The van der Waals surface area contributed by atoms with Crippen LogP contribution >= 0.6 is 0 Å². The Balaban J connectivity index is 1.11. The molecule has 0 amide bonds. The number of anilines is 3. The smallest absolute Gasteiger partial charge is 0.0719 e. The standard InChI is InChI=1S/C56H47N/c1-54(2)46-19-9-6-16-42(46)45-26-24-40(33-52(45)54)57(39-14-4-3-5-15-39)41-25-27-51-53(34-41)55(37-29-35-28-36(31-37)32-38(55)30-35)49-22-12-13-23-50(49)56(51)47-20-10-7-17-43(47)44-18-8-11-21-48(44)56/h3-27,33-38H,28-32H2,1-2H3. The van der Waals surface area contributed by atoms with E-state index in [1.165, 1.54) is 105 Å². The second kappa shape index (κ2) is 11.3. The molecule has 7 aromatic carbocycles. The molecule has 0 unspecified atom stereocenters. The first kappa shape index (κ1) is 32.4. The minimum absolute atomic E-state index is 0.0169. The summed E-state index contributed by atoms with van der Waals surface area (Å²) >= 11 is 0. The Hall–Kier alpha value is -5.66. The van der Waals surface area contributed by atoms with Gasteiger partial charge in [-0.25, -0.2) is 0 Å². The molecule has 276 valence electrons. The molecule has 7 aliphatic carbocycles. The molecule has 4 fully saturated rings. The van der Waals surface area contributed by atoms with Crippen LogP contribution < -0.4 is 4.90 Å². The highest BCUT2D eigenvalue weighted by Gasteiger charge is 2.64. The average molecular weight is 734 g/mol. The van der Waals surface area contributed by atoms with Crippen molar-refractivity contribution in [2.24, 2.45) is 23.7 Å². The van der Waals surface area contributed by atoms with Crippen molar-refractivity contribution in [2.45, 2.75) is 62.2 Å². The van der Waals surface area contributed by atoms with Crippen molar-refractivity contribution in [1.29, 1.82) is 0 Å². The van der Waals surface area contributed by atoms with Crippen LogP contribution in [0.4, 0.5) is 17.1 Å². The van der Waals surface area contributed by atoms with Gasteiger partial charge in [0.05, 0.1) is 5.41 Å². The maximum absolute atomic E-state index is 2.71. The highest BCUT2D eigenvalue weighted by molar-refractivity contribution is 5.90. The van der Waals surface area contributed by atoms with E-state index < -0.39 is 0 Å². The van der Waals surface area contributed by atoms with Crippen molar-refractivity contribution in [2.75, 3.05) is 4.90 Å². The maximum Gasteiger partial charge on any atom is 0.0719 e. The first-order valence-corrected chi connectivity index (χ1v) is 21.5. The fourth-order valence-electron chi connectivity index (χ4n) is 14.3. The van der Waals surface area contributed by atoms with Crippen LogP contribution in [0.1, 0.15) is 90.5 Å². The fraction of sp³-hybridized carbons (Fsp3) is 0.250. The van der Waals surface area contributed by atoms with Gasteiger partial charge in [-0.1, -0.05) is 141 Å². The zero-order chi connectivity index (χ0) is 37.7. The number of nitrogens with zero attached hydrogens (tertiary/aromatic N) is 1. The highest BCUT2D eigenvalue weighted by Crippen LogP contribution is 2.71. The van der Waals surface area contributed by atoms with Crippen molar-refractivity contribution in [3.63, 3.8) is 0 Å². The molecule has 0 heterocycles. The number of hydrogen-bond acceptors (Lipinski definition) is 1. The Labute approximate surface area is 337 Å². The van der Waals surface area contributed by atoms with Gasteiger partial charge in [-0.3, -0.25) is 0 Å². The Morgan fingerprint density at radius 1 is 0.368 bits per heavy atom. The first-order valence-electron chi connectivity index (χ1n) is 21.5. The molecule has 0 saturated heterocycles. The van der Waals surface area contributed by atoms with Gasteiger partial charge < -0.3 is 4.90 Å². The van der Waals surface area contributed by atoms with E-state index in [0.717, 1.165) is 11.8 Å². The van der Waals surface area contributed by atoms with E-state index in [1.54, 1.807) is 11.1 Å². The highest BCUT2D eigenvalue weighted by atomic mass is 15.1. The SMILES string of the molecule is CC1(C)c2ccccc2-c2ccc(N(c3ccccc3)c3ccc4c(c3)C3(c5ccccc5C45c4ccccc4-c4ccccc45)C4CC5CC(C4)CC3C5)cc21. The molecule has 7 aromatic rings. The second-order valence-corrected chi connectivity index (χ2v) is 18.9. The molecule has 0 radical (unpaired) electrons. The van der Waals surface area contributed by atoms with Crippen LogP contribution in [0.5, 0.6) is 0 Å². The van der Waals surface area contributed by atoms with E-state index in [-0.39, 0.29) is 16.2 Å². The van der Waals surface area contributed by atoms with E-state index in [1.807, 2.05) is 0 Å². The van der Waals surface area contributed by atoms with Gasteiger partial charge in [0.15, 0.2) is 0 Å². The number of fused-ring (bicyclic) bond motifs is 12. The number of benzene rings is 7. The largest absolute Gasteiger partial charge is 0.310 e. The second-order valence-electron chi connectivity index (χ2n) is 18.9. The van der Waals surface area contributed by atoms with Gasteiger partial charge in [-0.05, 0) is 159 Å². The summed E-state index contributed by atoms with van der Waals surface area (Å²) in [6.45, 7) is 4.80. The van der Waals surface area contributed by atoms with E-state index in [9.17, 15) is 0 Å². The van der Waals surface area contributed by atoms with Crippen molar-refractivity contribution < 1.29 is 0 Å². The summed E-state index contributed by atoms with van der Waals surface area (Å²) in [5, 5.41) is 0. The topological polar surface area (TPSA) is 3.24 Å². The van der Waals surface area contributed by atoms with Crippen molar-refractivity contribution in [1.82, 2.24) is 0 Å². The zero-order valence-electron chi connectivity index (χ0n) is 32.9. The molecule has 4 saturated carbocycles. The third kappa shape index (κ3) is 3.96. The Morgan fingerprint density at radius 2 is 0.825 bits per heavy atom. The van der Waals surface area contributed by atoms with Crippen LogP contribution in [-0.4, -0.2) is 0 Å². The fourth-order valence-corrected chi connectivity index (χ4v) is 14.3. The number of hydrogen-bond donors (Lipinski definition) is 0. The molecule has 1 heteroatoms. The molecule has 2 spiro atoms. The lowest BCUT2D eigenvalue weighted by Gasteiger charge is -2.65. The number of para-hydroxylation sites is 1. The van der Waals surface area contributed by atoms with Gasteiger partial charge in [0.25, 0.3) is 0 Å². The normalized spacial score (nSPS) is 25.4. The average Bonchev–Trinajstić information content (AvgIpc) is 3.67. The van der Waals surface area contributed by atoms with Gasteiger partial charge in [-0.2, -0.15) is 0 Å². The summed E-state index contributed by atoms with van der Waals surface area (Å²) in [6, 6.07) is 63.7. The van der Waals surface area contributed by atoms with Gasteiger partial charge >= 0.3 is 0 Å². The summed E-state index contributed by atoms with van der Waals surface area (Å²) in [4.78, 5) is 2.56. The van der Waals surface area contributed by atoms with Crippen LogP contribution in [0.3, 0.4) is 0 Å². The van der Waals surface area contributed by atoms with Gasteiger partial charge in [0.2, 0.25) is 0 Å². The lowest BCUT2D eigenvalue weighted by molar-refractivity contribution is -0.0440. The molecule has 0 aromatic heterocycles. The predicted molar refractivity (Wildman–Crippen MR) is 234 cm³/mol. The van der Waals surface area contributed by atoms with Crippen molar-refractivity contribution in [3.05, 3.63) is 208 Å². The first-order chi connectivity index (χ1) is 28.0. The lowest BCUT2D eigenvalue weighted by Crippen LogP contribution is -2.59. The molecule has 7 aliphatic rings. The molecule has 4 bridgehead atoms. The van der Waals surface area contributed by atoms with E-state index in [4.69, 9.17) is 0 Å². The molecular weight excluding hydrogens is 687 g/mol. The molecule has 0 N–H and O–H groups in total. The van der Waals surface area contributed by atoms with Crippen LogP contribution in [0.2, 0.25) is 0 Å². The zero-order valence-corrected chi connectivity index (χ0v) is 32.9. The van der Waals surface area contributed by atoms with Gasteiger partial charge in [0.1, 0.15) is 0 Å². The quantitative estimate of drug-likeness (QED) is 0.175. The van der Waals surface area contributed by atoms with Gasteiger partial charge in [0, 0.05) is 27.9 Å². The Kier molecular flexibility index (Phi) is 6.40. The van der Waals surface area contributed by atoms with E-state index in [2.05, 4.69) is 183 Å². The molecular formula is C56H47N. The summed E-state index contributed by atoms with van der Waals surface area (Å²) in [6.07, 6.45) is 6.87. The Morgan fingerprint density at radius 3 is 1.46 bits per heavy atom. The van der Waals surface area contributed by atoms with Crippen molar-refractivity contribution >= 4 is 17.1 Å². The van der Waals surface area contributed by atoms with Crippen LogP contribution in [0.15, 0.2) is 164 Å². The minimum atomic E-state index is -0.376. The third-order valence-corrected chi connectivity index (χ3v) is 16.1. The monoisotopic (exact) mass is 733 g/mol. The van der Waals surface area contributed by atoms with Crippen LogP contribution in [0.25, 0.3) is 22.3 Å². The summed E-state index contributed by atoms with van der Waals surface area (Å²) < 4.78 is 0. The molecule has 57 heavy (non-hydrogen) atoms.